The van der Waals surface area contributed by atoms with Gasteiger partial charge in [-0.3, -0.25) is 30.0 Å². The Morgan fingerprint density at radius 2 is 1.76 bits per heavy atom. The van der Waals surface area contributed by atoms with Crippen molar-refractivity contribution in [3.05, 3.63) is 54.0 Å². The SMILES string of the molecule is CC(C)NC(=O)C(=O)NNC(=O)c1ccccc1SCC(=O)NCc1ccco1. The second-order valence-electron chi connectivity index (χ2n) is 6.18. The highest BCUT2D eigenvalue weighted by Crippen LogP contribution is 2.22. The molecule has 0 aliphatic rings. The fourth-order valence-corrected chi connectivity index (χ4v) is 3.02. The molecule has 1 heterocycles. The number of benzene rings is 1. The van der Waals surface area contributed by atoms with Crippen LogP contribution in [0, 0.1) is 0 Å². The molecule has 0 aliphatic carbocycles. The predicted molar refractivity (Wildman–Crippen MR) is 107 cm³/mol. The van der Waals surface area contributed by atoms with E-state index in [1.807, 2.05) is 0 Å². The smallest absolute Gasteiger partial charge is 0.327 e. The Morgan fingerprint density at radius 1 is 1.00 bits per heavy atom. The summed E-state index contributed by atoms with van der Waals surface area (Å²) in [5.74, 6) is -1.92. The van der Waals surface area contributed by atoms with Crippen LogP contribution in [-0.2, 0) is 20.9 Å². The Kier molecular flexibility index (Phi) is 8.28. The van der Waals surface area contributed by atoms with Gasteiger partial charge in [-0.15, -0.1) is 11.8 Å². The first-order valence-corrected chi connectivity index (χ1v) is 9.77. The number of hydrogen-bond acceptors (Lipinski definition) is 6. The molecule has 2 rings (SSSR count). The van der Waals surface area contributed by atoms with Crippen molar-refractivity contribution in [2.45, 2.75) is 31.3 Å². The van der Waals surface area contributed by atoms with Crippen molar-refractivity contribution in [3.63, 3.8) is 0 Å². The molecular formula is C19H22N4O5S. The third-order valence-electron chi connectivity index (χ3n) is 3.45. The second kappa shape index (κ2) is 10.9. The highest BCUT2D eigenvalue weighted by Gasteiger charge is 2.17. The van der Waals surface area contributed by atoms with Crippen LogP contribution < -0.4 is 21.5 Å². The topological polar surface area (TPSA) is 130 Å². The van der Waals surface area contributed by atoms with Gasteiger partial charge in [0.15, 0.2) is 0 Å². The Labute approximate surface area is 172 Å². The molecule has 154 valence electrons. The minimum atomic E-state index is -0.977. The van der Waals surface area contributed by atoms with Crippen molar-refractivity contribution in [3.8, 4) is 0 Å². The molecule has 9 nitrogen and oxygen atoms in total. The number of amides is 4. The normalized spacial score (nSPS) is 10.3. The van der Waals surface area contributed by atoms with E-state index in [9.17, 15) is 19.2 Å². The lowest BCUT2D eigenvalue weighted by molar-refractivity contribution is -0.139. The Balaban J connectivity index is 1.86. The number of hydrazine groups is 1. The zero-order valence-corrected chi connectivity index (χ0v) is 16.8. The van der Waals surface area contributed by atoms with Crippen LogP contribution in [0.5, 0.6) is 0 Å². The molecule has 0 atom stereocenters. The van der Waals surface area contributed by atoms with Gasteiger partial charge in [-0.1, -0.05) is 12.1 Å². The van der Waals surface area contributed by atoms with Crippen LogP contribution in [0.1, 0.15) is 30.0 Å². The Bertz CT molecular complexity index is 867. The van der Waals surface area contributed by atoms with Crippen molar-refractivity contribution in [2.24, 2.45) is 0 Å². The zero-order valence-electron chi connectivity index (χ0n) is 16.0. The van der Waals surface area contributed by atoms with Gasteiger partial charge in [0.1, 0.15) is 5.76 Å². The Hall–Kier alpha value is -3.27. The zero-order chi connectivity index (χ0) is 21.2. The van der Waals surface area contributed by atoms with E-state index in [0.29, 0.717) is 10.7 Å². The van der Waals surface area contributed by atoms with Crippen molar-refractivity contribution in [1.29, 1.82) is 0 Å². The summed E-state index contributed by atoms with van der Waals surface area (Å²) in [6.07, 6.45) is 1.52. The predicted octanol–water partition coefficient (Wildman–Crippen LogP) is 0.974. The molecule has 0 aliphatic heterocycles. The van der Waals surface area contributed by atoms with E-state index in [0.717, 1.165) is 0 Å². The molecule has 0 saturated carbocycles. The largest absolute Gasteiger partial charge is 0.467 e. The standard InChI is InChI=1S/C19H22N4O5S/c1-12(2)21-18(26)19(27)23-22-17(25)14-7-3-4-8-15(14)29-11-16(24)20-10-13-6-5-9-28-13/h3-9,12H,10-11H2,1-2H3,(H,20,24)(H,21,26)(H,22,25)(H,23,27). The number of rotatable bonds is 7. The van der Waals surface area contributed by atoms with Gasteiger partial charge in [-0.25, -0.2) is 0 Å². The first-order chi connectivity index (χ1) is 13.9. The summed E-state index contributed by atoms with van der Waals surface area (Å²) in [6, 6.07) is 9.91. The van der Waals surface area contributed by atoms with Crippen molar-refractivity contribution in [2.75, 3.05) is 5.75 Å². The Morgan fingerprint density at radius 3 is 2.45 bits per heavy atom. The van der Waals surface area contributed by atoms with E-state index < -0.39 is 17.7 Å². The summed E-state index contributed by atoms with van der Waals surface area (Å²) in [5, 5.41) is 5.13. The molecule has 4 N–H and O–H groups in total. The molecule has 1 aromatic heterocycles. The van der Waals surface area contributed by atoms with E-state index in [1.54, 1.807) is 50.2 Å². The highest BCUT2D eigenvalue weighted by atomic mass is 32.2. The maximum absolute atomic E-state index is 12.4. The second-order valence-corrected chi connectivity index (χ2v) is 7.19. The molecular weight excluding hydrogens is 396 g/mol. The van der Waals surface area contributed by atoms with Crippen LogP contribution in [0.3, 0.4) is 0 Å². The van der Waals surface area contributed by atoms with Gasteiger partial charge in [0.25, 0.3) is 5.91 Å². The number of hydrogen-bond donors (Lipinski definition) is 4. The minimum absolute atomic E-state index is 0.0914. The highest BCUT2D eigenvalue weighted by molar-refractivity contribution is 8.00. The quantitative estimate of drug-likeness (QED) is 0.301. The van der Waals surface area contributed by atoms with Gasteiger partial charge in [0.2, 0.25) is 5.91 Å². The molecule has 1 aromatic carbocycles. The van der Waals surface area contributed by atoms with Gasteiger partial charge in [-0.2, -0.15) is 0 Å². The van der Waals surface area contributed by atoms with E-state index in [1.165, 1.54) is 18.0 Å². The number of carbonyl (C=O) groups excluding carboxylic acids is 4. The average Bonchev–Trinajstić information content (AvgIpc) is 3.22. The number of nitrogens with one attached hydrogen (secondary N) is 4. The summed E-state index contributed by atoms with van der Waals surface area (Å²) in [4.78, 5) is 48.2. The molecule has 2 aromatic rings. The van der Waals surface area contributed by atoms with Crippen LogP contribution in [0.4, 0.5) is 0 Å². The maximum Gasteiger partial charge on any atom is 0.327 e. The van der Waals surface area contributed by atoms with Crippen LogP contribution >= 0.6 is 11.8 Å². The molecule has 0 unspecified atom stereocenters. The minimum Gasteiger partial charge on any atom is -0.467 e. The van der Waals surface area contributed by atoms with Gasteiger partial charge in [0, 0.05) is 10.9 Å². The van der Waals surface area contributed by atoms with Crippen LogP contribution in [0.25, 0.3) is 0 Å². The summed E-state index contributed by atoms with van der Waals surface area (Å²) in [7, 11) is 0. The van der Waals surface area contributed by atoms with Crippen LogP contribution in [-0.4, -0.2) is 35.4 Å². The first kappa shape index (κ1) is 22.0. The molecule has 10 heteroatoms. The van der Waals surface area contributed by atoms with Crippen molar-refractivity contribution in [1.82, 2.24) is 21.5 Å². The number of thioether (sulfide) groups is 1. The molecule has 0 spiro atoms. The van der Waals surface area contributed by atoms with Crippen molar-refractivity contribution >= 4 is 35.4 Å². The van der Waals surface area contributed by atoms with Gasteiger partial charge in [0.05, 0.1) is 24.1 Å². The summed E-state index contributed by atoms with van der Waals surface area (Å²) in [5.41, 5.74) is 4.53. The first-order valence-electron chi connectivity index (χ1n) is 8.79. The van der Waals surface area contributed by atoms with Gasteiger partial charge < -0.3 is 15.1 Å². The lowest BCUT2D eigenvalue weighted by atomic mass is 10.2. The fourth-order valence-electron chi connectivity index (χ4n) is 2.14. The van der Waals surface area contributed by atoms with Crippen molar-refractivity contribution < 1.29 is 23.6 Å². The molecule has 29 heavy (non-hydrogen) atoms. The van der Waals surface area contributed by atoms with Gasteiger partial charge in [-0.05, 0) is 38.1 Å². The molecule has 0 saturated heterocycles. The summed E-state index contributed by atoms with van der Waals surface area (Å²) < 4.78 is 5.14. The van der Waals surface area contributed by atoms with E-state index in [4.69, 9.17) is 4.42 Å². The van der Waals surface area contributed by atoms with Crippen LogP contribution in [0.2, 0.25) is 0 Å². The fraction of sp³-hybridized carbons (Fsp3) is 0.263. The van der Waals surface area contributed by atoms with Crippen LogP contribution in [0.15, 0.2) is 52.0 Å². The monoisotopic (exact) mass is 418 g/mol. The van der Waals surface area contributed by atoms with E-state index in [2.05, 4.69) is 21.5 Å². The maximum atomic E-state index is 12.4. The molecule has 0 fully saturated rings. The van der Waals surface area contributed by atoms with Gasteiger partial charge >= 0.3 is 11.8 Å². The summed E-state index contributed by atoms with van der Waals surface area (Å²) in [6.45, 7) is 3.70. The third kappa shape index (κ3) is 7.34. The average molecular weight is 418 g/mol. The number of carbonyl (C=O) groups is 4. The van der Waals surface area contributed by atoms with E-state index >= 15 is 0 Å². The third-order valence-corrected chi connectivity index (χ3v) is 4.52. The van der Waals surface area contributed by atoms with E-state index in [-0.39, 0.29) is 29.8 Å². The number of furan rings is 1. The lowest BCUT2D eigenvalue weighted by Crippen LogP contribution is -2.49. The molecule has 0 bridgehead atoms. The lowest BCUT2D eigenvalue weighted by Gasteiger charge is -2.11. The molecule has 0 radical (unpaired) electrons. The summed E-state index contributed by atoms with van der Waals surface area (Å²) >= 11 is 1.17. The molecule has 4 amide bonds.